The van der Waals surface area contributed by atoms with Crippen LogP contribution in [-0.2, 0) is 10.8 Å². The molecular formula is C57H44N4. The standard InChI is InChI=1S/C57H44N4/c1-37-35-42(36-38(2)51(37)55-59-53(39-21-8-5-9-22-39)58-54(60-55)40-23-10-6-11-24-40)61-49-33-18-16-30-46(49)57(41-25-12-7-13-26-41,47-31-17-19-34-50(47)61)48-32-20-28-44-43-27-14-15-29-45(43)56(3,4)52(44)48/h5-36H,1-4H3. The van der Waals surface area contributed by atoms with Crippen molar-refractivity contribution in [2.75, 3.05) is 4.90 Å². The van der Waals surface area contributed by atoms with Crippen molar-refractivity contribution >= 4 is 17.1 Å². The Hall–Kier alpha value is -7.43. The van der Waals surface area contributed by atoms with E-state index in [2.05, 4.69) is 190 Å². The maximum atomic E-state index is 5.14. The highest BCUT2D eigenvalue weighted by atomic mass is 15.2. The van der Waals surface area contributed by atoms with Crippen LogP contribution in [0, 0.1) is 13.8 Å². The van der Waals surface area contributed by atoms with Crippen LogP contribution in [0.3, 0.4) is 0 Å². The Morgan fingerprint density at radius 1 is 0.410 bits per heavy atom. The Morgan fingerprint density at radius 3 is 1.43 bits per heavy atom. The van der Waals surface area contributed by atoms with Crippen molar-refractivity contribution < 1.29 is 0 Å². The molecule has 0 N–H and O–H groups in total. The van der Waals surface area contributed by atoms with Crippen LogP contribution in [0.4, 0.5) is 17.1 Å². The van der Waals surface area contributed by atoms with Crippen molar-refractivity contribution in [3.8, 4) is 45.3 Å². The number of para-hydroxylation sites is 2. The quantitative estimate of drug-likeness (QED) is 0.168. The van der Waals surface area contributed by atoms with Crippen LogP contribution in [0.25, 0.3) is 45.3 Å². The molecule has 2 heterocycles. The summed E-state index contributed by atoms with van der Waals surface area (Å²) in [6.45, 7) is 9.17. The Balaban J connectivity index is 1.14. The van der Waals surface area contributed by atoms with Crippen molar-refractivity contribution in [1.82, 2.24) is 15.0 Å². The first-order valence-corrected chi connectivity index (χ1v) is 21.1. The molecule has 0 spiro atoms. The molecule has 4 nitrogen and oxygen atoms in total. The zero-order valence-electron chi connectivity index (χ0n) is 34.8. The van der Waals surface area contributed by atoms with Crippen LogP contribution in [0.1, 0.15) is 58.4 Å². The van der Waals surface area contributed by atoms with Gasteiger partial charge in [-0.2, -0.15) is 0 Å². The predicted molar refractivity (Wildman–Crippen MR) is 250 cm³/mol. The Bertz CT molecular complexity index is 3010. The van der Waals surface area contributed by atoms with E-state index in [1.165, 1.54) is 44.5 Å². The fraction of sp³-hybridized carbons (Fsp3) is 0.105. The predicted octanol–water partition coefficient (Wildman–Crippen LogP) is 14.0. The van der Waals surface area contributed by atoms with E-state index in [0.29, 0.717) is 17.5 Å². The molecule has 0 unspecified atom stereocenters. The zero-order valence-corrected chi connectivity index (χ0v) is 34.8. The topological polar surface area (TPSA) is 41.9 Å². The number of anilines is 3. The molecule has 11 rings (SSSR count). The summed E-state index contributed by atoms with van der Waals surface area (Å²) in [5.41, 5.74) is 18.1. The van der Waals surface area contributed by atoms with Gasteiger partial charge < -0.3 is 4.90 Å². The second-order valence-corrected chi connectivity index (χ2v) is 16.9. The number of benzene rings is 8. The number of rotatable bonds is 6. The molecule has 2 aliphatic rings. The van der Waals surface area contributed by atoms with Crippen molar-refractivity contribution in [1.29, 1.82) is 0 Å². The van der Waals surface area contributed by atoms with Crippen LogP contribution < -0.4 is 4.90 Å². The molecule has 292 valence electrons. The SMILES string of the molecule is Cc1cc(N2c3ccccc3C(c3ccccc3)(c3cccc4c3C(C)(C)c3ccccc3-4)c3ccccc32)cc(C)c1-c1nc(-c2ccccc2)nc(-c2ccccc2)n1. The number of aromatic nitrogens is 3. The fourth-order valence-electron chi connectivity index (χ4n) is 10.5. The van der Waals surface area contributed by atoms with Gasteiger partial charge in [-0.05, 0) is 93.7 Å². The Morgan fingerprint density at radius 2 is 0.852 bits per heavy atom. The van der Waals surface area contributed by atoms with E-state index in [-0.39, 0.29) is 5.41 Å². The molecule has 61 heavy (non-hydrogen) atoms. The Labute approximate surface area is 357 Å². The van der Waals surface area contributed by atoms with Gasteiger partial charge in [-0.25, -0.2) is 15.0 Å². The van der Waals surface area contributed by atoms with Gasteiger partial charge in [0.15, 0.2) is 17.5 Å². The molecule has 1 aliphatic heterocycles. The lowest BCUT2D eigenvalue weighted by molar-refractivity contribution is 0.625. The van der Waals surface area contributed by atoms with Crippen LogP contribution in [-0.4, -0.2) is 15.0 Å². The highest BCUT2D eigenvalue weighted by Gasteiger charge is 2.50. The van der Waals surface area contributed by atoms with Gasteiger partial charge in [0.05, 0.1) is 16.8 Å². The van der Waals surface area contributed by atoms with E-state index in [1.807, 2.05) is 36.4 Å². The van der Waals surface area contributed by atoms with E-state index >= 15 is 0 Å². The van der Waals surface area contributed by atoms with Crippen LogP contribution in [0.2, 0.25) is 0 Å². The van der Waals surface area contributed by atoms with E-state index in [1.54, 1.807) is 0 Å². The van der Waals surface area contributed by atoms with Crippen molar-refractivity contribution in [2.24, 2.45) is 0 Å². The smallest absolute Gasteiger partial charge is 0.164 e. The van der Waals surface area contributed by atoms with Crippen molar-refractivity contribution in [2.45, 2.75) is 38.5 Å². The first kappa shape index (κ1) is 36.6. The van der Waals surface area contributed by atoms with Crippen LogP contribution in [0.5, 0.6) is 0 Å². The maximum absolute atomic E-state index is 5.14. The summed E-state index contributed by atoms with van der Waals surface area (Å²) in [4.78, 5) is 17.7. The highest BCUT2D eigenvalue weighted by molar-refractivity contribution is 5.92. The molecule has 0 atom stereocenters. The number of hydrogen-bond acceptors (Lipinski definition) is 4. The van der Waals surface area contributed by atoms with Gasteiger partial charge in [-0.3, -0.25) is 0 Å². The van der Waals surface area contributed by atoms with Crippen molar-refractivity contribution in [3.05, 3.63) is 239 Å². The van der Waals surface area contributed by atoms with Gasteiger partial charge in [-0.15, -0.1) is 0 Å². The second kappa shape index (κ2) is 14.1. The highest BCUT2D eigenvalue weighted by Crippen LogP contribution is 2.61. The molecule has 9 aromatic rings. The summed E-state index contributed by atoms with van der Waals surface area (Å²) >= 11 is 0. The van der Waals surface area contributed by atoms with Gasteiger partial charge in [-0.1, -0.05) is 184 Å². The summed E-state index contributed by atoms with van der Waals surface area (Å²) in [6.07, 6.45) is 0. The monoisotopic (exact) mass is 784 g/mol. The minimum absolute atomic E-state index is 0.217. The molecule has 4 heteroatoms. The summed E-state index contributed by atoms with van der Waals surface area (Å²) in [6, 6.07) is 70.2. The molecule has 0 amide bonds. The van der Waals surface area contributed by atoms with Gasteiger partial charge in [0, 0.05) is 27.8 Å². The zero-order chi connectivity index (χ0) is 41.3. The molecule has 0 bridgehead atoms. The lowest BCUT2D eigenvalue weighted by atomic mass is 9.59. The van der Waals surface area contributed by atoms with E-state index in [9.17, 15) is 0 Å². The number of hydrogen-bond donors (Lipinski definition) is 0. The third-order valence-corrected chi connectivity index (χ3v) is 13.0. The van der Waals surface area contributed by atoms with Crippen molar-refractivity contribution in [3.63, 3.8) is 0 Å². The lowest BCUT2D eigenvalue weighted by Gasteiger charge is -2.48. The lowest BCUT2D eigenvalue weighted by Crippen LogP contribution is -2.39. The van der Waals surface area contributed by atoms with E-state index in [0.717, 1.165) is 44.9 Å². The van der Waals surface area contributed by atoms with Gasteiger partial charge >= 0.3 is 0 Å². The molecule has 0 saturated carbocycles. The summed E-state index contributed by atoms with van der Waals surface area (Å²) < 4.78 is 0. The van der Waals surface area contributed by atoms with Gasteiger partial charge in [0.25, 0.3) is 0 Å². The second-order valence-electron chi connectivity index (χ2n) is 16.9. The molecule has 0 saturated heterocycles. The average Bonchev–Trinajstić information content (AvgIpc) is 3.54. The van der Waals surface area contributed by atoms with E-state index < -0.39 is 5.41 Å². The number of aryl methyl sites for hydroxylation is 2. The Kier molecular flexibility index (Phi) is 8.47. The summed E-state index contributed by atoms with van der Waals surface area (Å²) in [5, 5.41) is 0. The first-order valence-electron chi connectivity index (χ1n) is 21.1. The molecule has 1 aliphatic carbocycles. The summed E-state index contributed by atoms with van der Waals surface area (Å²) in [7, 11) is 0. The van der Waals surface area contributed by atoms with Crippen LogP contribution >= 0.6 is 0 Å². The summed E-state index contributed by atoms with van der Waals surface area (Å²) in [5.74, 6) is 1.97. The molecule has 0 radical (unpaired) electrons. The minimum Gasteiger partial charge on any atom is -0.310 e. The van der Waals surface area contributed by atoms with Crippen LogP contribution in [0.15, 0.2) is 194 Å². The molecular weight excluding hydrogens is 741 g/mol. The van der Waals surface area contributed by atoms with Gasteiger partial charge in [0.2, 0.25) is 0 Å². The molecule has 0 fully saturated rings. The minimum atomic E-state index is -0.619. The maximum Gasteiger partial charge on any atom is 0.164 e. The number of fused-ring (bicyclic) bond motifs is 5. The van der Waals surface area contributed by atoms with E-state index in [4.69, 9.17) is 15.0 Å². The fourth-order valence-corrected chi connectivity index (χ4v) is 10.5. The van der Waals surface area contributed by atoms with Gasteiger partial charge in [0.1, 0.15) is 0 Å². The normalized spacial score (nSPS) is 14.1. The molecule has 8 aromatic carbocycles. The number of nitrogens with zero attached hydrogens (tertiary/aromatic N) is 4. The first-order chi connectivity index (χ1) is 29.9. The third kappa shape index (κ3) is 5.55. The third-order valence-electron chi connectivity index (χ3n) is 13.0. The largest absolute Gasteiger partial charge is 0.310 e. The average molecular weight is 785 g/mol. The molecule has 1 aromatic heterocycles.